The number of hydrogen-bond donors (Lipinski definition) is 4. The molecule has 0 heterocycles. The number of aliphatic hydroxyl groups excluding tert-OH is 1. The largest absolute Gasteiger partial charge is 0.442 e. The number of aliphatic hydroxyl groups is 1. The van der Waals surface area contributed by atoms with Crippen LogP contribution >= 0.6 is 0 Å². The Hall–Kier alpha value is -3.49. The fourth-order valence-electron chi connectivity index (χ4n) is 8.18. The van der Waals surface area contributed by atoms with Gasteiger partial charge in [0.1, 0.15) is 18.9 Å². The van der Waals surface area contributed by atoms with Gasteiger partial charge in [0.25, 0.3) is 0 Å². The number of halogens is 1. The number of carbonyl (C=O) groups excluding carboxylic acids is 4. The van der Waals surface area contributed by atoms with E-state index in [1.807, 2.05) is 6.92 Å². The number of ether oxygens (including phenoxy) is 2. The van der Waals surface area contributed by atoms with Crippen LogP contribution in [0.15, 0.2) is 48.1 Å². The molecule has 4 N–H and O–H groups in total. The summed E-state index contributed by atoms with van der Waals surface area (Å²) in [6.07, 6.45) is 4.21. The number of carbonyl (C=O) groups is 4. The fraction of sp³-hybridized carbons (Fsp3) is 0.548. The summed E-state index contributed by atoms with van der Waals surface area (Å²) in [5.41, 5.74) is -2.77. The minimum Gasteiger partial charge on any atom is -0.442 e. The first kappa shape index (κ1) is 31.9. The lowest BCUT2D eigenvalue weighted by Crippen LogP contribution is -2.66. The number of rotatable bonds is 9. The van der Waals surface area contributed by atoms with E-state index in [1.165, 1.54) is 24.3 Å². The summed E-state index contributed by atoms with van der Waals surface area (Å²) in [6, 6.07) is 6.19. The van der Waals surface area contributed by atoms with E-state index in [-0.39, 0.29) is 36.3 Å². The minimum absolute atomic E-state index is 0.0604. The van der Waals surface area contributed by atoms with Crippen molar-refractivity contribution in [1.29, 1.82) is 0 Å². The van der Waals surface area contributed by atoms with Crippen molar-refractivity contribution in [3.8, 4) is 5.75 Å². The van der Waals surface area contributed by atoms with Crippen LogP contribution in [0.3, 0.4) is 0 Å². The normalized spacial score (nSPS) is 34.0. The van der Waals surface area contributed by atoms with Gasteiger partial charge in [0.15, 0.2) is 23.8 Å². The van der Waals surface area contributed by atoms with E-state index < -0.39 is 65.0 Å². The summed E-state index contributed by atoms with van der Waals surface area (Å²) in [5, 5.41) is 30.6. The maximum absolute atomic E-state index is 17.1. The van der Waals surface area contributed by atoms with Crippen LogP contribution in [0.1, 0.15) is 51.5 Å². The Morgan fingerprint density at radius 3 is 2.61 bits per heavy atom. The lowest BCUT2D eigenvalue weighted by atomic mass is 9.45. The second-order valence-corrected chi connectivity index (χ2v) is 12.5. The predicted octanol–water partition coefficient (Wildman–Crippen LogP) is 3.39. The Kier molecular flexibility index (Phi) is 8.80. The van der Waals surface area contributed by atoms with E-state index in [0.717, 1.165) is 0 Å². The molecule has 5 rings (SSSR count). The van der Waals surface area contributed by atoms with Crippen molar-refractivity contribution in [1.82, 2.24) is 10.7 Å². The number of amides is 1. The monoisotopic (exact) mass is 616 g/mol. The Balaban J connectivity index is 1.16. The second-order valence-electron chi connectivity index (χ2n) is 12.5. The van der Waals surface area contributed by atoms with E-state index in [0.29, 0.717) is 36.8 Å². The standard InChI is InChI=1S/C31H37FN2O10/c1-29-14-26(37)31(32)22(8-7-19-13-20(35)11-12-30(19,31)2)21(29)9-10-23(29)24(36)17-42-28(39)33-15-27(38)44-25-6-4-3-5-18(25)16-43-34(40)41/h3-6,11-13,21-23,26,37,40-41H,7-10,14-17H2,1-2H3,(H,33,39)/t21?,22-,23?,26-,29-,30-,31?/m0/s1. The zero-order chi connectivity index (χ0) is 31.9. The maximum Gasteiger partial charge on any atom is 0.408 e. The topological polar surface area (TPSA) is 172 Å². The molecule has 0 spiro atoms. The third-order valence-electron chi connectivity index (χ3n) is 10.3. The number of nitrogens with one attached hydrogen (secondary N) is 1. The van der Waals surface area contributed by atoms with Crippen molar-refractivity contribution in [3.05, 3.63) is 53.6 Å². The summed E-state index contributed by atoms with van der Waals surface area (Å²) in [4.78, 5) is 54.4. The molecule has 3 unspecified atom stereocenters. The van der Waals surface area contributed by atoms with Crippen LogP contribution in [0.2, 0.25) is 0 Å². The van der Waals surface area contributed by atoms with Gasteiger partial charge in [-0.1, -0.05) is 36.8 Å². The van der Waals surface area contributed by atoms with Gasteiger partial charge in [0.05, 0.1) is 11.5 Å². The number of alkyl carbamates (subject to hydrolysis) is 1. The van der Waals surface area contributed by atoms with Crippen molar-refractivity contribution in [2.75, 3.05) is 13.2 Å². The van der Waals surface area contributed by atoms with Crippen LogP contribution in [0.4, 0.5) is 9.18 Å². The first-order valence-corrected chi connectivity index (χ1v) is 14.6. The highest BCUT2D eigenvalue weighted by molar-refractivity contribution is 6.01. The van der Waals surface area contributed by atoms with Crippen molar-refractivity contribution >= 4 is 23.6 Å². The highest BCUT2D eigenvalue weighted by atomic mass is 19.1. The Morgan fingerprint density at radius 2 is 1.86 bits per heavy atom. The molecule has 0 radical (unpaired) electrons. The van der Waals surface area contributed by atoms with Crippen LogP contribution in [-0.2, 0) is 30.6 Å². The summed E-state index contributed by atoms with van der Waals surface area (Å²) < 4.78 is 27.5. The molecule has 7 atom stereocenters. The third-order valence-corrected chi connectivity index (χ3v) is 10.3. The van der Waals surface area contributed by atoms with Crippen molar-refractivity contribution in [2.24, 2.45) is 28.6 Å². The predicted molar refractivity (Wildman–Crippen MR) is 148 cm³/mol. The number of benzene rings is 1. The molecule has 0 aliphatic heterocycles. The van der Waals surface area contributed by atoms with Crippen molar-refractivity contribution in [2.45, 2.75) is 64.3 Å². The van der Waals surface area contributed by atoms with Crippen molar-refractivity contribution < 1.29 is 53.4 Å². The average molecular weight is 617 g/mol. The first-order valence-electron chi connectivity index (χ1n) is 14.6. The molecule has 238 valence electrons. The molecule has 12 nitrogen and oxygen atoms in total. The quantitative estimate of drug-likeness (QED) is 0.182. The van der Waals surface area contributed by atoms with Gasteiger partial charge >= 0.3 is 12.1 Å². The smallest absolute Gasteiger partial charge is 0.408 e. The molecule has 13 heteroatoms. The Labute approximate surface area is 253 Å². The van der Waals surface area contributed by atoms with Gasteiger partial charge in [-0.3, -0.25) is 20.0 Å². The number of hydrogen-bond acceptors (Lipinski definition) is 11. The van der Waals surface area contributed by atoms with E-state index in [1.54, 1.807) is 25.1 Å². The SMILES string of the molecule is C[C@]12C[C@H](O)C3(F)[C@@H](CCC4=CC(=O)C=C[C@@]43C)C1CCC2C(=O)COC(=O)NCC(=O)Oc1ccccc1CON(O)O. The second kappa shape index (κ2) is 12.1. The molecule has 44 heavy (non-hydrogen) atoms. The highest BCUT2D eigenvalue weighted by Gasteiger charge is 2.70. The number of Topliss-reactive ketones (excluding diaryl/α,β-unsaturated/α-hetero) is 1. The van der Waals surface area contributed by atoms with Crippen LogP contribution < -0.4 is 10.1 Å². The number of para-hydroxylation sites is 1. The number of esters is 1. The minimum atomic E-state index is -1.98. The van der Waals surface area contributed by atoms with E-state index in [4.69, 9.17) is 19.9 Å². The van der Waals surface area contributed by atoms with Gasteiger partial charge in [-0.25, -0.2) is 18.8 Å². The number of alkyl halides is 1. The van der Waals surface area contributed by atoms with E-state index in [9.17, 15) is 24.3 Å². The van der Waals surface area contributed by atoms with Gasteiger partial charge in [0, 0.05) is 22.8 Å². The molecule has 4 aliphatic carbocycles. The van der Waals surface area contributed by atoms with E-state index in [2.05, 4.69) is 10.2 Å². The molecule has 1 aromatic carbocycles. The highest BCUT2D eigenvalue weighted by Crippen LogP contribution is 2.68. The summed E-state index contributed by atoms with van der Waals surface area (Å²) in [6.45, 7) is 2.22. The fourth-order valence-corrected chi connectivity index (χ4v) is 8.18. The molecular weight excluding hydrogens is 579 g/mol. The molecule has 3 saturated carbocycles. The van der Waals surface area contributed by atoms with Gasteiger partial charge in [-0.05, 0) is 68.6 Å². The number of allylic oxidation sites excluding steroid dienone is 4. The Bertz CT molecular complexity index is 1400. The molecular formula is C31H37FN2O10. The van der Waals surface area contributed by atoms with Gasteiger partial charge < -0.3 is 19.9 Å². The van der Waals surface area contributed by atoms with Crippen LogP contribution in [0.25, 0.3) is 0 Å². The van der Waals surface area contributed by atoms with Gasteiger partial charge in [-0.2, -0.15) is 0 Å². The average Bonchev–Trinajstić information content (AvgIpc) is 3.31. The summed E-state index contributed by atoms with van der Waals surface area (Å²) >= 11 is 0. The van der Waals surface area contributed by atoms with Gasteiger partial charge in [0.2, 0.25) is 0 Å². The van der Waals surface area contributed by atoms with Crippen LogP contribution in [0.5, 0.6) is 5.75 Å². The molecule has 0 saturated heterocycles. The van der Waals surface area contributed by atoms with Gasteiger partial charge in [-0.15, -0.1) is 0 Å². The van der Waals surface area contributed by atoms with Crippen molar-refractivity contribution in [3.63, 3.8) is 0 Å². The number of nitrogens with zero attached hydrogens (tertiary/aromatic N) is 1. The van der Waals surface area contributed by atoms with Crippen LogP contribution in [0, 0.1) is 28.6 Å². The lowest BCUT2D eigenvalue weighted by Gasteiger charge is -2.62. The molecule has 1 aromatic rings. The summed E-state index contributed by atoms with van der Waals surface area (Å²) in [7, 11) is 0. The lowest BCUT2D eigenvalue weighted by molar-refractivity contribution is -0.497. The third kappa shape index (κ3) is 5.58. The zero-order valence-electron chi connectivity index (χ0n) is 24.5. The Morgan fingerprint density at radius 1 is 1.11 bits per heavy atom. The zero-order valence-corrected chi connectivity index (χ0v) is 24.5. The van der Waals surface area contributed by atoms with E-state index >= 15 is 4.39 Å². The first-order chi connectivity index (χ1) is 20.8. The number of ketones is 2. The number of fused-ring (bicyclic) bond motifs is 5. The molecule has 1 amide bonds. The molecule has 3 fully saturated rings. The molecule has 0 aromatic heterocycles. The molecule has 0 bridgehead atoms. The maximum atomic E-state index is 17.1. The molecule has 4 aliphatic rings. The summed E-state index contributed by atoms with van der Waals surface area (Å²) in [5.74, 6) is -2.53. The van der Waals surface area contributed by atoms with Crippen LogP contribution in [-0.4, -0.2) is 69.5 Å².